The Bertz CT molecular complexity index is 564. The highest BCUT2D eigenvalue weighted by Gasteiger charge is 2.22. The van der Waals surface area contributed by atoms with E-state index < -0.39 is 32.5 Å². The Kier molecular flexibility index (Phi) is 22.8. The molecule has 35 heavy (non-hydrogen) atoms. The first kappa shape index (κ1) is 34.0. The molecule has 0 spiro atoms. The first-order chi connectivity index (χ1) is 16.8. The van der Waals surface area contributed by atoms with E-state index in [0.717, 1.165) is 38.5 Å². The minimum Gasteiger partial charge on any atom is -0.462 e. The van der Waals surface area contributed by atoms with Crippen LogP contribution in [0.5, 0.6) is 0 Å². The number of rotatable bonds is 25. The lowest BCUT2D eigenvalue weighted by molar-refractivity contribution is -0.161. The standard InChI is InChI=1S/C26H51O8P/c1-3-5-7-9-10-11-12-13-14-15-16-17-19-20-25(27)32-22-24(23-33-35(29,30)31)34-26(28)21-18-8-6-4-2/h24H,3-23H2,1-2H3,(H2,29,30,31)/t24-/m1/s1. The molecule has 0 aliphatic rings. The van der Waals surface area contributed by atoms with Crippen LogP contribution in [0.15, 0.2) is 0 Å². The molecule has 0 rings (SSSR count). The summed E-state index contributed by atoms with van der Waals surface area (Å²) in [7, 11) is -4.72. The summed E-state index contributed by atoms with van der Waals surface area (Å²) in [4.78, 5) is 41.8. The molecule has 1 atom stereocenters. The van der Waals surface area contributed by atoms with Crippen molar-refractivity contribution in [2.45, 2.75) is 142 Å². The largest absolute Gasteiger partial charge is 0.469 e. The number of unbranched alkanes of at least 4 members (excludes halogenated alkanes) is 15. The van der Waals surface area contributed by atoms with Gasteiger partial charge in [-0.25, -0.2) is 4.57 Å². The molecule has 0 unspecified atom stereocenters. The monoisotopic (exact) mass is 522 g/mol. The van der Waals surface area contributed by atoms with E-state index in [1.54, 1.807) is 0 Å². The molecule has 0 saturated heterocycles. The van der Waals surface area contributed by atoms with Crippen LogP contribution in [0, 0.1) is 0 Å². The van der Waals surface area contributed by atoms with E-state index in [4.69, 9.17) is 19.3 Å². The predicted octanol–water partition coefficient (Wildman–Crippen LogP) is 7.00. The fourth-order valence-corrected chi connectivity index (χ4v) is 4.14. The summed E-state index contributed by atoms with van der Waals surface area (Å²) in [5, 5.41) is 0. The number of ether oxygens (including phenoxy) is 2. The molecule has 0 saturated carbocycles. The topological polar surface area (TPSA) is 119 Å². The van der Waals surface area contributed by atoms with Gasteiger partial charge in [0.1, 0.15) is 6.61 Å². The van der Waals surface area contributed by atoms with Gasteiger partial charge in [-0.05, 0) is 12.8 Å². The fraction of sp³-hybridized carbons (Fsp3) is 0.923. The molecule has 2 N–H and O–H groups in total. The zero-order valence-corrected chi connectivity index (χ0v) is 23.1. The Morgan fingerprint density at radius 1 is 0.629 bits per heavy atom. The number of hydrogen-bond acceptors (Lipinski definition) is 6. The average Bonchev–Trinajstić information content (AvgIpc) is 2.81. The van der Waals surface area contributed by atoms with Crippen LogP contribution in [0.1, 0.15) is 136 Å². The smallest absolute Gasteiger partial charge is 0.462 e. The van der Waals surface area contributed by atoms with Crippen molar-refractivity contribution in [3.63, 3.8) is 0 Å². The van der Waals surface area contributed by atoms with Gasteiger partial charge in [0, 0.05) is 12.8 Å². The molecule has 0 heterocycles. The van der Waals surface area contributed by atoms with E-state index >= 15 is 0 Å². The van der Waals surface area contributed by atoms with Crippen LogP contribution >= 0.6 is 7.82 Å². The van der Waals surface area contributed by atoms with Gasteiger partial charge >= 0.3 is 19.8 Å². The predicted molar refractivity (Wildman–Crippen MR) is 138 cm³/mol. The molecular weight excluding hydrogens is 471 g/mol. The van der Waals surface area contributed by atoms with Gasteiger partial charge in [-0.15, -0.1) is 0 Å². The summed E-state index contributed by atoms with van der Waals surface area (Å²) in [5.74, 6) is -0.902. The highest BCUT2D eigenvalue weighted by molar-refractivity contribution is 7.46. The zero-order chi connectivity index (χ0) is 26.2. The van der Waals surface area contributed by atoms with Gasteiger partial charge in [-0.3, -0.25) is 14.1 Å². The minimum absolute atomic E-state index is 0.208. The van der Waals surface area contributed by atoms with Crippen LogP contribution in [0.2, 0.25) is 0 Å². The highest BCUT2D eigenvalue weighted by Crippen LogP contribution is 2.35. The molecule has 0 aliphatic heterocycles. The van der Waals surface area contributed by atoms with Gasteiger partial charge in [-0.1, -0.05) is 110 Å². The molecule has 0 fully saturated rings. The van der Waals surface area contributed by atoms with Crippen LogP contribution in [-0.2, 0) is 28.2 Å². The SMILES string of the molecule is CCCCCCCCCCCCCCCC(=O)OC[C@H](COP(=O)(O)O)OC(=O)CCCCCC. The van der Waals surface area contributed by atoms with Crippen LogP contribution in [-0.4, -0.2) is 41.0 Å². The second-order valence-electron chi connectivity index (χ2n) is 9.38. The fourth-order valence-electron chi connectivity index (χ4n) is 3.78. The quantitative estimate of drug-likeness (QED) is 0.0747. The van der Waals surface area contributed by atoms with E-state index in [0.29, 0.717) is 6.42 Å². The first-order valence-electron chi connectivity index (χ1n) is 13.8. The van der Waals surface area contributed by atoms with Gasteiger partial charge in [0.2, 0.25) is 0 Å². The summed E-state index contributed by atoms with van der Waals surface area (Å²) < 4.78 is 25.8. The van der Waals surface area contributed by atoms with Crippen LogP contribution in [0.25, 0.3) is 0 Å². The maximum absolute atomic E-state index is 12.0. The van der Waals surface area contributed by atoms with Gasteiger partial charge < -0.3 is 19.3 Å². The Morgan fingerprint density at radius 2 is 1.03 bits per heavy atom. The third-order valence-corrected chi connectivity index (χ3v) is 6.36. The van der Waals surface area contributed by atoms with E-state index in [1.165, 1.54) is 64.2 Å². The lowest BCUT2D eigenvalue weighted by Crippen LogP contribution is -2.29. The van der Waals surface area contributed by atoms with Crippen molar-refractivity contribution >= 4 is 19.8 Å². The number of phosphoric acid groups is 1. The Labute approximate surface area is 213 Å². The summed E-state index contributed by atoms with van der Waals surface area (Å²) in [5.41, 5.74) is 0. The number of hydrogen-bond donors (Lipinski definition) is 2. The van der Waals surface area contributed by atoms with E-state index in [2.05, 4.69) is 18.4 Å². The molecule has 0 aromatic rings. The minimum atomic E-state index is -4.72. The highest BCUT2D eigenvalue weighted by atomic mass is 31.2. The molecule has 208 valence electrons. The third-order valence-electron chi connectivity index (χ3n) is 5.88. The van der Waals surface area contributed by atoms with Crippen molar-refractivity contribution in [3.8, 4) is 0 Å². The van der Waals surface area contributed by atoms with Crippen molar-refractivity contribution in [2.75, 3.05) is 13.2 Å². The van der Waals surface area contributed by atoms with Crippen LogP contribution in [0.3, 0.4) is 0 Å². The second-order valence-corrected chi connectivity index (χ2v) is 10.6. The molecule has 0 radical (unpaired) electrons. The Balaban J connectivity index is 3.93. The second kappa shape index (κ2) is 23.4. The summed E-state index contributed by atoms with van der Waals surface area (Å²) in [6.45, 7) is 3.50. The lowest BCUT2D eigenvalue weighted by atomic mass is 10.0. The van der Waals surface area contributed by atoms with Crippen LogP contribution in [0.4, 0.5) is 0 Å². The molecule has 0 bridgehead atoms. The maximum atomic E-state index is 12.0. The summed E-state index contributed by atoms with van der Waals surface area (Å²) >= 11 is 0. The van der Waals surface area contributed by atoms with E-state index in [9.17, 15) is 14.2 Å². The van der Waals surface area contributed by atoms with E-state index in [-0.39, 0.29) is 19.4 Å². The van der Waals surface area contributed by atoms with Gasteiger partial charge in [-0.2, -0.15) is 0 Å². The molecule has 0 amide bonds. The molecule has 9 heteroatoms. The number of phosphoric ester groups is 1. The van der Waals surface area contributed by atoms with Crippen molar-refractivity contribution in [2.24, 2.45) is 0 Å². The van der Waals surface area contributed by atoms with Crippen molar-refractivity contribution in [1.29, 1.82) is 0 Å². The van der Waals surface area contributed by atoms with Gasteiger partial charge in [0.15, 0.2) is 6.10 Å². The van der Waals surface area contributed by atoms with Crippen molar-refractivity contribution in [3.05, 3.63) is 0 Å². The number of carbonyl (C=O) groups is 2. The first-order valence-corrected chi connectivity index (χ1v) is 15.4. The van der Waals surface area contributed by atoms with Gasteiger partial charge in [0.25, 0.3) is 0 Å². The Hall–Kier alpha value is -0.950. The maximum Gasteiger partial charge on any atom is 0.469 e. The molecule has 0 aromatic heterocycles. The molecular formula is C26H51O8P. The van der Waals surface area contributed by atoms with Gasteiger partial charge in [0.05, 0.1) is 6.61 Å². The number of carbonyl (C=O) groups excluding carboxylic acids is 2. The Morgan fingerprint density at radius 3 is 1.49 bits per heavy atom. The summed E-state index contributed by atoms with van der Waals surface area (Å²) in [6.07, 6.45) is 19.0. The van der Waals surface area contributed by atoms with Crippen molar-refractivity contribution in [1.82, 2.24) is 0 Å². The van der Waals surface area contributed by atoms with Crippen LogP contribution < -0.4 is 0 Å². The molecule has 0 aliphatic carbocycles. The average molecular weight is 523 g/mol. The zero-order valence-electron chi connectivity index (χ0n) is 22.2. The lowest BCUT2D eigenvalue weighted by Gasteiger charge is -2.18. The third kappa shape index (κ3) is 25.9. The normalized spacial score (nSPS) is 12.5. The van der Waals surface area contributed by atoms with Crippen molar-refractivity contribution < 1.29 is 37.9 Å². The molecule has 0 aromatic carbocycles. The summed E-state index contributed by atoms with van der Waals surface area (Å²) in [6, 6.07) is 0. The number of esters is 2. The van der Waals surface area contributed by atoms with E-state index in [1.807, 2.05) is 0 Å². The molecule has 8 nitrogen and oxygen atoms in total.